The lowest BCUT2D eigenvalue weighted by atomic mass is 9.52. The highest BCUT2D eigenvalue weighted by Crippen LogP contribution is 2.56. The Balaban J connectivity index is 1.53. The number of para-hydroxylation sites is 2. The zero-order valence-electron chi connectivity index (χ0n) is 20.5. The number of benzene rings is 1. The Labute approximate surface area is 199 Å². The highest BCUT2D eigenvalue weighted by molar-refractivity contribution is 6.04. The molecule has 0 bridgehead atoms. The lowest BCUT2D eigenvalue weighted by Crippen LogP contribution is -2.64. The van der Waals surface area contributed by atoms with Crippen LogP contribution in [-0.2, 0) is 9.59 Å². The third-order valence-corrected chi connectivity index (χ3v) is 9.31. The van der Waals surface area contributed by atoms with E-state index >= 15 is 0 Å². The molecule has 0 aromatic heterocycles. The average molecular weight is 452 g/mol. The van der Waals surface area contributed by atoms with Crippen LogP contribution in [0.3, 0.4) is 0 Å². The summed E-state index contributed by atoms with van der Waals surface area (Å²) in [5.41, 5.74) is 1.89. The molecular weight excluding hydrogens is 410 g/mol. The van der Waals surface area contributed by atoms with E-state index in [1.165, 1.54) is 64.2 Å². The number of hydrogen-bond acceptors (Lipinski definition) is 3. The van der Waals surface area contributed by atoms with Gasteiger partial charge in [0.2, 0.25) is 11.8 Å². The molecule has 1 saturated heterocycles. The van der Waals surface area contributed by atoms with Crippen molar-refractivity contribution in [1.29, 1.82) is 0 Å². The fraction of sp³-hybridized carbons (Fsp3) is 0.714. The maximum absolute atomic E-state index is 14.5. The lowest BCUT2D eigenvalue weighted by molar-refractivity contribution is -0.136. The third kappa shape index (κ3) is 3.90. The van der Waals surface area contributed by atoms with E-state index in [-0.39, 0.29) is 23.3 Å². The van der Waals surface area contributed by atoms with Gasteiger partial charge in [0.1, 0.15) is 0 Å². The van der Waals surface area contributed by atoms with Gasteiger partial charge in [-0.15, -0.1) is 0 Å². The van der Waals surface area contributed by atoms with Crippen LogP contribution in [0.15, 0.2) is 24.3 Å². The number of carbonyl (C=O) groups excluding carboxylic acids is 2. The van der Waals surface area contributed by atoms with Gasteiger partial charge < -0.3 is 15.1 Å². The number of rotatable bonds is 2. The molecule has 5 rings (SSSR count). The van der Waals surface area contributed by atoms with Crippen molar-refractivity contribution in [3.63, 3.8) is 0 Å². The summed E-state index contributed by atoms with van der Waals surface area (Å²) in [6.07, 6.45) is 13.8. The first-order valence-electron chi connectivity index (χ1n) is 13.5. The van der Waals surface area contributed by atoms with Gasteiger partial charge in [-0.3, -0.25) is 9.59 Å². The molecule has 2 aliphatic heterocycles. The molecule has 3 unspecified atom stereocenters. The van der Waals surface area contributed by atoms with E-state index in [0.717, 1.165) is 24.3 Å². The summed E-state index contributed by atoms with van der Waals surface area (Å²) in [6, 6.07) is 8.47. The summed E-state index contributed by atoms with van der Waals surface area (Å²) in [7, 11) is 0. The van der Waals surface area contributed by atoms with Crippen LogP contribution in [-0.4, -0.2) is 37.0 Å². The maximum atomic E-state index is 14.5. The minimum absolute atomic E-state index is 0.0148. The largest absolute Gasteiger partial charge is 0.313 e. The van der Waals surface area contributed by atoms with Crippen molar-refractivity contribution in [2.24, 2.45) is 17.3 Å². The lowest BCUT2D eigenvalue weighted by Gasteiger charge is -2.57. The number of hydrogen-bond donors (Lipinski definition) is 1. The topological polar surface area (TPSA) is 52.7 Å². The SMILES string of the molecule is CC(=O)N1c2ccccc2N(C(=O)C2CCNC3CCCCC32C2CCCCCC2)C[C@@H]1C. The van der Waals surface area contributed by atoms with Crippen molar-refractivity contribution in [3.8, 4) is 0 Å². The van der Waals surface area contributed by atoms with Gasteiger partial charge in [-0.1, -0.05) is 50.7 Å². The molecule has 0 spiro atoms. The number of nitrogens with zero attached hydrogens (tertiary/aromatic N) is 2. The van der Waals surface area contributed by atoms with Crippen LogP contribution in [0.5, 0.6) is 0 Å². The summed E-state index contributed by atoms with van der Waals surface area (Å²) in [6.45, 7) is 5.24. The third-order valence-electron chi connectivity index (χ3n) is 9.31. The van der Waals surface area contributed by atoms with Gasteiger partial charge in [0.15, 0.2) is 0 Å². The summed E-state index contributed by atoms with van der Waals surface area (Å²) >= 11 is 0. The number of amides is 2. The summed E-state index contributed by atoms with van der Waals surface area (Å²) in [5.74, 6) is 1.09. The molecule has 5 nitrogen and oxygen atoms in total. The summed E-state index contributed by atoms with van der Waals surface area (Å²) < 4.78 is 0. The first-order valence-corrected chi connectivity index (χ1v) is 13.5. The van der Waals surface area contributed by atoms with E-state index in [0.29, 0.717) is 24.4 Å². The molecule has 180 valence electrons. The van der Waals surface area contributed by atoms with Crippen molar-refractivity contribution in [3.05, 3.63) is 24.3 Å². The highest BCUT2D eigenvalue weighted by Gasteiger charge is 2.56. The van der Waals surface area contributed by atoms with Crippen molar-refractivity contribution in [2.45, 2.75) is 96.6 Å². The van der Waals surface area contributed by atoms with Crippen LogP contribution < -0.4 is 15.1 Å². The smallest absolute Gasteiger partial charge is 0.230 e. The number of piperidine rings is 1. The molecule has 5 heteroatoms. The van der Waals surface area contributed by atoms with Crippen molar-refractivity contribution in [1.82, 2.24) is 5.32 Å². The van der Waals surface area contributed by atoms with Gasteiger partial charge in [0.05, 0.1) is 17.4 Å². The van der Waals surface area contributed by atoms with Gasteiger partial charge in [0, 0.05) is 30.8 Å². The van der Waals surface area contributed by atoms with E-state index in [1.54, 1.807) is 6.92 Å². The second kappa shape index (κ2) is 9.40. The average Bonchev–Trinajstić information content (AvgIpc) is 3.12. The quantitative estimate of drug-likeness (QED) is 0.622. The fourth-order valence-corrected chi connectivity index (χ4v) is 8.00. The number of fused-ring (bicyclic) bond motifs is 2. The molecule has 3 fully saturated rings. The predicted molar refractivity (Wildman–Crippen MR) is 133 cm³/mol. The van der Waals surface area contributed by atoms with E-state index < -0.39 is 0 Å². The molecule has 33 heavy (non-hydrogen) atoms. The summed E-state index contributed by atoms with van der Waals surface area (Å²) in [4.78, 5) is 30.9. The Morgan fingerprint density at radius 2 is 1.64 bits per heavy atom. The van der Waals surface area contributed by atoms with Gasteiger partial charge >= 0.3 is 0 Å². The van der Waals surface area contributed by atoms with Gasteiger partial charge in [-0.2, -0.15) is 0 Å². The Morgan fingerprint density at radius 3 is 2.36 bits per heavy atom. The maximum Gasteiger partial charge on any atom is 0.230 e. The number of nitrogens with one attached hydrogen (secondary N) is 1. The Hall–Kier alpha value is -1.88. The van der Waals surface area contributed by atoms with Crippen LogP contribution in [0.4, 0.5) is 11.4 Å². The van der Waals surface area contributed by atoms with Crippen LogP contribution in [0.2, 0.25) is 0 Å². The van der Waals surface area contributed by atoms with Crippen LogP contribution in [0.25, 0.3) is 0 Å². The normalized spacial score (nSPS) is 33.1. The molecule has 2 amide bonds. The molecule has 1 aromatic carbocycles. The Morgan fingerprint density at radius 1 is 0.939 bits per heavy atom. The first-order chi connectivity index (χ1) is 16.0. The zero-order valence-corrected chi connectivity index (χ0v) is 20.5. The molecule has 0 radical (unpaired) electrons. The molecule has 1 aromatic rings. The molecule has 1 N–H and O–H groups in total. The zero-order chi connectivity index (χ0) is 23.0. The molecule has 2 heterocycles. The Bertz CT molecular complexity index is 876. The van der Waals surface area contributed by atoms with E-state index in [4.69, 9.17) is 0 Å². The van der Waals surface area contributed by atoms with Gasteiger partial charge in [-0.25, -0.2) is 0 Å². The van der Waals surface area contributed by atoms with Crippen molar-refractivity contribution in [2.75, 3.05) is 22.9 Å². The predicted octanol–water partition coefficient (Wildman–Crippen LogP) is 5.28. The Kier molecular flexibility index (Phi) is 6.52. The van der Waals surface area contributed by atoms with E-state index in [2.05, 4.69) is 17.1 Å². The second-order valence-corrected chi connectivity index (χ2v) is 11.1. The van der Waals surface area contributed by atoms with E-state index in [1.807, 2.05) is 29.2 Å². The first kappa shape index (κ1) is 22.9. The van der Waals surface area contributed by atoms with Gasteiger partial charge in [0.25, 0.3) is 0 Å². The van der Waals surface area contributed by atoms with Crippen LogP contribution in [0.1, 0.15) is 84.5 Å². The highest BCUT2D eigenvalue weighted by atomic mass is 16.2. The van der Waals surface area contributed by atoms with Crippen molar-refractivity contribution < 1.29 is 9.59 Å². The monoisotopic (exact) mass is 451 g/mol. The van der Waals surface area contributed by atoms with Crippen LogP contribution in [0, 0.1) is 17.3 Å². The molecule has 2 aliphatic carbocycles. The van der Waals surface area contributed by atoms with Crippen molar-refractivity contribution >= 4 is 23.2 Å². The fourth-order valence-electron chi connectivity index (χ4n) is 8.00. The standard InChI is InChI=1S/C28H41N3O2/c1-20-19-30(24-13-7-8-14-25(24)31(20)21(2)32)27(33)23-16-18-29-26-15-9-10-17-28(23,26)22-11-5-3-4-6-12-22/h7-8,13-14,20,22-23,26,29H,3-6,9-12,15-19H2,1-2H3/t20-,23?,26?,28?/m0/s1. The minimum atomic E-state index is -0.0148. The van der Waals surface area contributed by atoms with E-state index in [9.17, 15) is 9.59 Å². The van der Waals surface area contributed by atoms with Crippen LogP contribution >= 0.6 is 0 Å². The minimum Gasteiger partial charge on any atom is -0.313 e. The molecular formula is C28H41N3O2. The van der Waals surface area contributed by atoms with Gasteiger partial charge in [-0.05, 0) is 63.6 Å². The molecule has 2 saturated carbocycles. The second-order valence-electron chi connectivity index (χ2n) is 11.1. The molecule has 4 aliphatic rings. The number of carbonyl (C=O) groups is 2. The summed E-state index contributed by atoms with van der Waals surface area (Å²) in [5, 5.41) is 3.89. The molecule has 4 atom stereocenters. The number of anilines is 2.